The third-order valence-corrected chi connectivity index (χ3v) is 8.55. The van der Waals surface area contributed by atoms with Crippen LogP contribution < -0.4 is 0 Å². The van der Waals surface area contributed by atoms with E-state index < -0.39 is 6.10 Å². The van der Waals surface area contributed by atoms with E-state index in [0.717, 1.165) is 77.0 Å². The Labute approximate surface area is 371 Å². The first-order valence-electron chi connectivity index (χ1n) is 22.8. The maximum absolute atomic E-state index is 12.7. The van der Waals surface area contributed by atoms with Gasteiger partial charge in [0.05, 0.1) is 0 Å². The van der Waals surface area contributed by atoms with E-state index in [0.29, 0.717) is 19.3 Å². The summed E-state index contributed by atoms with van der Waals surface area (Å²) in [6.07, 6.45) is 70.4. The van der Waals surface area contributed by atoms with Crippen molar-refractivity contribution in [3.8, 4) is 0 Å². The molecule has 0 fully saturated rings. The maximum atomic E-state index is 12.7. The van der Waals surface area contributed by atoms with Crippen molar-refractivity contribution < 1.29 is 28.6 Å². The Bertz CT molecular complexity index is 1520. The quantitative estimate of drug-likeness (QED) is 0.0268. The summed E-state index contributed by atoms with van der Waals surface area (Å²) >= 11 is 0. The Balaban J connectivity index is 4.68. The van der Waals surface area contributed by atoms with Gasteiger partial charge in [-0.15, -0.1) is 0 Å². The van der Waals surface area contributed by atoms with E-state index in [4.69, 9.17) is 14.2 Å². The molecule has 6 heteroatoms. The van der Waals surface area contributed by atoms with Crippen LogP contribution in [-0.2, 0) is 28.6 Å². The number of carbonyl (C=O) groups excluding carboxylic acids is 3. The third-order valence-electron chi connectivity index (χ3n) is 8.55. The van der Waals surface area contributed by atoms with Crippen LogP contribution in [0.5, 0.6) is 0 Å². The number of esters is 3. The van der Waals surface area contributed by atoms with Gasteiger partial charge in [-0.2, -0.15) is 0 Å². The van der Waals surface area contributed by atoms with Crippen LogP contribution in [-0.4, -0.2) is 37.2 Å². The fourth-order valence-corrected chi connectivity index (χ4v) is 5.20. The van der Waals surface area contributed by atoms with E-state index in [2.05, 4.69) is 57.2 Å². The van der Waals surface area contributed by atoms with Gasteiger partial charge in [0, 0.05) is 19.3 Å². The van der Waals surface area contributed by atoms with Crippen LogP contribution in [0.4, 0.5) is 0 Å². The van der Waals surface area contributed by atoms with Crippen LogP contribution in [0, 0.1) is 0 Å². The Morgan fingerprint density at radius 3 is 0.885 bits per heavy atom. The van der Waals surface area contributed by atoms with Crippen LogP contribution >= 0.6 is 0 Å². The second-order valence-electron chi connectivity index (χ2n) is 14.1. The normalized spacial score (nSPS) is 13.7. The van der Waals surface area contributed by atoms with E-state index in [1.54, 1.807) is 0 Å². The van der Waals surface area contributed by atoms with Gasteiger partial charge < -0.3 is 14.2 Å². The molecule has 0 aromatic rings. The van der Waals surface area contributed by atoms with Crippen LogP contribution in [0.3, 0.4) is 0 Å². The number of hydrogen-bond acceptors (Lipinski definition) is 6. The Morgan fingerprint density at radius 2 is 0.590 bits per heavy atom. The smallest absolute Gasteiger partial charge is 0.306 e. The zero-order chi connectivity index (χ0) is 44.4. The highest BCUT2D eigenvalue weighted by Crippen LogP contribution is 2.10. The minimum absolute atomic E-state index is 0.140. The molecule has 0 radical (unpaired) electrons. The van der Waals surface area contributed by atoms with E-state index in [-0.39, 0.29) is 50.4 Å². The molecule has 0 rings (SSSR count). The van der Waals surface area contributed by atoms with Crippen molar-refractivity contribution in [1.29, 1.82) is 0 Å². The number of rotatable bonds is 37. The molecule has 61 heavy (non-hydrogen) atoms. The molecule has 334 valence electrons. The molecule has 0 heterocycles. The minimum atomic E-state index is -0.842. The lowest BCUT2D eigenvalue weighted by atomic mass is 10.1. The van der Waals surface area contributed by atoms with Gasteiger partial charge in [0.1, 0.15) is 13.2 Å². The van der Waals surface area contributed by atoms with Gasteiger partial charge in [-0.05, 0) is 77.0 Å². The molecule has 1 atom stereocenters. The zero-order valence-electron chi connectivity index (χ0n) is 37.8. The van der Waals surface area contributed by atoms with Crippen molar-refractivity contribution in [2.75, 3.05) is 13.2 Å². The molecular formula is C55H78O6. The van der Waals surface area contributed by atoms with Crippen LogP contribution in [0.1, 0.15) is 136 Å². The summed E-state index contributed by atoms with van der Waals surface area (Å²) in [6, 6.07) is 0. The SMILES string of the molecule is CC/C=C/C=C/C=C/C=C/C=C/CCCCCC(=O)OCC(COC(=O)CCCCC/C=C/C=C/C=C/C=C/CC)OC(=O)CCCCC/C=C/C=C/C=C/C=C/C=C/CC. The van der Waals surface area contributed by atoms with E-state index in [1.165, 1.54) is 0 Å². The number of allylic oxidation sites excluding steroid dienone is 28. The molecule has 0 spiro atoms. The fraction of sp³-hybridized carbons (Fsp3) is 0.436. The van der Waals surface area contributed by atoms with Crippen LogP contribution in [0.15, 0.2) is 170 Å². The molecule has 0 aromatic carbocycles. The van der Waals surface area contributed by atoms with E-state index >= 15 is 0 Å². The second-order valence-corrected chi connectivity index (χ2v) is 14.1. The summed E-state index contributed by atoms with van der Waals surface area (Å²) in [6.45, 7) is 6.05. The minimum Gasteiger partial charge on any atom is -0.462 e. The topological polar surface area (TPSA) is 78.9 Å². The van der Waals surface area contributed by atoms with Crippen molar-refractivity contribution in [3.63, 3.8) is 0 Å². The summed E-state index contributed by atoms with van der Waals surface area (Å²) in [4.78, 5) is 37.8. The number of unbranched alkanes of at least 4 members (excludes halogenated alkanes) is 9. The number of ether oxygens (including phenoxy) is 3. The molecule has 0 saturated heterocycles. The van der Waals surface area contributed by atoms with Gasteiger partial charge in [0.2, 0.25) is 0 Å². The maximum Gasteiger partial charge on any atom is 0.306 e. The highest BCUT2D eigenvalue weighted by Gasteiger charge is 2.19. The van der Waals surface area contributed by atoms with Crippen LogP contribution in [0.25, 0.3) is 0 Å². The summed E-state index contributed by atoms with van der Waals surface area (Å²) in [5, 5.41) is 0. The molecule has 1 unspecified atom stereocenters. The fourth-order valence-electron chi connectivity index (χ4n) is 5.20. The number of hydrogen-bond donors (Lipinski definition) is 0. The first-order chi connectivity index (χ1) is 30.0. The highest BCUT2D eigenvalue weighted by molar-refractivity contribution is 5.71. The average Bonchev–Trinajstić information content (AvgIpc) is 3.26. The zero-order valence-corrected chi connectivity index (χ0v) is 37.8. The molecular weight excluding hydrogens is 757 g/mol. The lowest BCUT2D eigenvalue weighted by molar-refractivity contribution is -0.167. The molecule has 0 aliphatic carbocycles. The van der Waals surface area contributed by atoms with Crippen molar-refractivity contribution in [2.24, 2.45) is 0 Å². The van der Waals surface area contributed by atoms with Gasteiger partial charge in [-0.25, -0.2) is 0 Å². The van der Waals surface area contributed by atoms with Crippen molar-refractivity contribution >= 4 is 17.9 Å². The molecule has 6 nitrogen and oxygen atoms in total. The Hall–Kier alpha value is -5.23. The Kier molecular flexibility index (Phi) is 43.4. The molecule has 0 N–H and O–H groups in total. The standard InChI is InChI=1S/C55H78O6/c1-4-7-10-13-16-19-22-25-27-30-33-36-39-42-45-48-54(57)60-51-52(50-59-53(56)47-44-41-38-35-32-29-24-21-18-15-12-9-6-3)61-55(58)49-46-43-40-37-34-31-28-26-23-20-17-14-11-8-5-2/h7-34,52H,4-6,35-51H2,1-3H3/b10-7+,11-8+,12-9+,16-13+,17-14+,18-15+,22-19+,23-20+,24-21+,27-25+,28-26+,32-29+,33-30+,34-31+. The molecule has 0 bridgehead atoms. The molecule has 0 saturated carbocycles. The first-order valence-corrected chi connectivity index (χ1v) is 22.8. The first kappa shape index (κ1) is 55.8. The van der Waals surface area contributed by atoms with Gasteiger partial charge in [0.15, 0.2) is 6.10 Å². The van der Waals surface area contributed by atoms with Crippen molar-refractivity contribution in [3.05, 3.63) is 170 Å². The lowest BCUT2D eigenvalue weighted by Crippen LogP contribution is -2.30. The lowest BCUT2D eigenvalue weighted by Gasteiger charge is -2.18. The second kappa shape index (κ2) is 47.4. The Morgan fingerprint density at radius 1 is 0.328 bits per heavy atom. The summed E-state index contributed by atoms with van der Waals surface area (Å²) in [5.41, 5.74) is 0. The largest absolute Gasteiger partial charge is 0.462 e. The predicted molar refractivity (Wildman–Crippen MR) is 260 cm³/mol. The molecule has 0 amide bonds. The summed E-state index contributed by atoms with van der Waals surface area (Å²) in [7, 11) is 0. The van der Waals surface area contributed by atoms with Gasteiger partial charge >= 0.3 is 17.9 Å². The van der Waals surface area contributed by atoms with Crippen molar-refractivity contribution in [2.45, 2.75) is 142 Å². The van der Waals surface area contributed by atoms with E-state index in [1.807, 2.05) is 134 Å². The molecule has 0 aliphatic rings. The summed E-state index contributed by atoms with van der Waals surface area (Å²) in [5.74, 6) is -1.08. The van der Waals surface area contributed by atoms with Crippen molar-refractivity contribution in [1.82, 2.24) is 0 Å². The average molecular weight is 835 g/mol. The highest BCUT2D eigenvalue weighted by atomic mass is 16.6. The third kappa shape index (κ3) is 45.7. The molecule has 0 aliphatic heterocycles. The van der Waals surface area contributed by atoms with E-state index in [9.17, 15) is 14.4 Å². The van der Waals surface area contributed by atoms with Crippen LogP contribution in [0.2, 0.25) is 0 Å². The van der Waals surface area contributed by atoms with Gasteiger partial charge in [-0.3, -0.25) is 14.4 Å². The predicted octanol–water partition coefficient (Wildman–Crippen LogP) is 14.9. The number of carbonyl (C=O) groups is 3. The molecule has 0 aromatic heterocycles. The van der Waals surface area contributed by atoms with Gasteiger partial charge in [0.25, 0.3) is 0 Å². The summed E-state index contributed by atoms with van der Waals surface area (Å²) < 4.78 is 16.6. The monoisotopic (exact) mass is 835 g/mol. The van der Waals surface area contributed by atoms with Gasteiger partial charge in [-0.1, -0.05) is 210 Å².